The first-order valence-corrected chi connectivity index (χ1v) is 9.26. The molecule has 0 amide bonds. The average molecular weight is 335 g/mol. The van der Waals surface area contributed by atoms with Crippen LogP contribution in [-0.4, -0.2) is 0 Å². The lowest BCUT2D eigenvalue weighted by atomic mass is 10.0. The summed E-state index contributed by atoms with van der Waals surface area (Å²) in [5.74, 6) is 0. The van der Waals surface area contributed by atoms with Crippen molar-refractivity contribution in [2.45, 2.75) is 47.6 Å². The SMILES string of the molecule is CC.CC.CC1=CNC(c2cccc3c2oc2c(C)cccc23)C=C1. The molecule has 25 heavy (non-hydrogen) atoms. The Labute approximate surface area is 151 Å². The minimum absolute atomic E-state index is 0.165. The number of allylic oxidation sites excluding steroid dienone is 2. The third-order valence-electron chi connectivity index (χ3n) is 4.13. The van der Waals surface area contributed by atoms with Crippen LogP contribution in [0.15, 0.2) is 64.7 Å². The van der Waals surface area contributed by atoms with Gasteiger partial charge in [-0.2, -0.15) is 0 Å². The summed E-state index contributed by atoms with van der Waals surface area (Å²) in [6.07, 6.45) is 6.38. The van der Waals surface area contributed by atoms with E-state index in [0.29, 0.717) is 0 Å². The van der Waals surface area contributed by atoms with E-state index >= 15 is 0 Å². The number of hydrogen-bond acceptors (Lipinski definition) is 2. The zero-order chi connectivity index (χ0) is 18.4. The van der Waals surface area contributed by atoms with Crippen LogP contribution in [0.3, 0.4) is 0 Å². The second kappa shape index (κ2) is 8.57. The second-order valence-corrected chi connectivity index (χ2v) is 5.67. The Hall–Kier alpha value is -2.48. The first-order chi connectivity index (χ1) is 12.2. The Kier molecular flexibility index (Phi) is 6.46. The average Bonchev–Trinajstić information content (AvgIpc) is 3.06. The molecule has 0 aliphatic carbocycles. The molecular weight excluding hydrogens is 306 g/mol. The van der Waals surface area contributed by atoms with Gasteiger partial charge >= 0.3 is 0 Å². The second-order valence-electron chi connectivity index (χ2n) is 5.67. The number of benzene rings is 2. The molecule has 1 aliphatic rings. The lowest BCUT2D eigenvalue weighted by Crippen LogP contribution is -2.16. The Balaban J connectivity index is 0.000000528. The molecule has 4 rings (SSSR count). The zero-order valence-electron chi connectivity index (χ0n) is 16.2. The standard InChI is InChI=1S/C19H17NO.2C2H6/c1-12-9-10-17(20-11-12)16-8-4-7-15-14-6-3-5-13(2)18(14)21-19(15)16;2*1-2/h3-11,17,20H,1-2H3;2*1-2H3. The van der Waals surface area contributed by atoms with Crippen molar-refractivity contribution in [1.29, 1.82) is 0 Å². The van der Waals surface area contributed by atoms with E-state index in [1.54, 1.807) is 0 Å². The molecule has 0 saturated carbocycles. The Morgan fingerprint density at radius 1 is 0.840 bits per heavy atom. The summed E-state index contributed by atoms with van der Waals surface area (Å²) in [4.78, 5) is 0. The third-order valence-corrected chi connectivity index (χ3v) is 4.13. The highest BCUT2D eigenvalue weighted by Crippen LogP contribution is 2.35. The fourth-order valence-electron chi connectivity index (χ4n) is 2.99. The van der Waals surface area contributed by atoms with Crippen LogP contribution in [0.4, 0.5) is 0 Å². The summed E-state index contributed by atoms with van der Waals surface area (Å²) < 4.78 is 6.20. The van der Waals surface area contributed by atoms with Crippen LogP contribution < -0.4 is 5.32 Å². The van der Waals surface area contributed by atoms with Gasteiger partial charge in [0.05, 0.1) is 6.04 Å². The maximum absolute atomic E-state index is 6.20. The molecule has 1 aromatic heterocycles. The largest absolute Gasteiger partial charge is 0.455 e. The van der Waals surface area contributed by atoms with E-state index in [1.807, 2.05) is 27.7 Å². The van der Waals surface area contributed by atoms with Crippen LogP contribution in [0.2, 0.25) is 0 Å². The summed E-state index contributed by atoms with van der Waals surface area (Å²) in [6.45, 7) is 12.2. The zero-order valence-corrected chi connectivity index (χ0v) is 16.2. The van der Waals surface area contributed by atoms with E-state index in [4.69, 9.17) is 4.42 Å². The molecule has 1 N–H and O–H groups in total. The van der Waals surface area contributed by atoms with Gasteiger partial charge in [0.15, 0.2) is 0 Å². The number of dihydropyridines is 1. The molecule has 0 bridgehead atoms. The molecule has 1 aliphatic heterocycles. The molecule has 1 unspecified atom stereocenters. The van der Waals surface area contributed by atoms with Gasteiger partial charge in [0.1, 0.15) is 11.2 Å². The first kappa shape index (κ1) is 18.9. The highest BCUT2D eigenvalue weighted by Gasteiger charge is 2.17. The monoisotopic (exact) mass is 335 g/mol. The van der Waals surface area contributed by atoms with Gasteiger partial charge in [-0.05, 0) is 25.0 Å². The van der Waals surface area contributed by atoms with Gasteiger partial charge in [-0.1, -0.05) is 76.2 Å². The summed E-state index contributed by atoms with van der Waals surface area (Å²) in [7, 11) is 0. The number of rotatable bonds is 1. The van der Waals surface area contributed by atoms with Gasteiger partial charge < -0.3 is 9.73 Å². The van der Waals surface area contributed by atoms with Gasteiger partial charge in [0.25, 0.3) is 0 Å². The molecule has 1 atom stereocenters. The van der Waals surface area contributed by atoms with E-state index < -0.39 is 0 Å². The number of nitrogens with one attached hydrogen (secondary N) is 1. The number of aryl methyl sites for hydroxylation is 1. The Morgan fingerprint density at radius 3 is 2.12 bits per heavy atom. The molecule has 2 heterocycles. The van der Waals surface area contributed by atoms with E-state index in [0.717, 1.165) is 11.2 Å². The molecule has 0 saturated heterocycles. The molecule has 3 aromatic rings. The molecule has 2 heteroatoms. The van der Waals surface area contributed by atoms with Crippen LogP contribution in [0.5, 0.6) is 0 Å². The predicted octanol–water partition coefficient (Wildman–Crippen LogP) is 7.05. The topological polar surface area (TPSA) is 25.2 Å². The maximum Gasteiger partial charge on any atom is 0.141 e. The van der Waals surface area contributed by atoms with Crippen molar-refractivity contribution in [2.24, 2.45) is 0 Å². The lowest BCUT2D eigenvalue weighted by molar-refractivity contribution is 0.645. The van der Waals surface area contributed by atoms with Crippen molar-refractivity contribution in [3.63, 3.8) is 0 Å². The molecule has 132 valence electrons. The van der Waals surface area contributed by atoms with Crippen molar-refractivity contribution >= 4 is 21.9 Å². The molecule has 0 radical (unpaired) electrons. The van der Waals surface area contributed by atoms with Crippen LogP contribution in [0, 0.1) is 6.92 Å². The van der Waals surface area contributed by atoms with Crippen LogP contribution in [-0.2, 0) is 0 Å². The summed E-state index contributed by atoms with van der Waals surface area (Å²) in [5, 5.41) is 5.81. The van der Waals surface area contributed by atoms with E-state index in [1.165, 1.54) is 27.5 Å². The van der Waals surface area contributed by atoms with Crippen molar-refractivity contribution < 1.29 is 4.42 Å². The Morgan fingerprint density at radius 2 is 1.48 bits per heavy atom. The minimum atomic E-state index is 0.165. The molecule has 0 fully saturated rings. The fraction of sp³-hybridized carbons (Fsp3) is 0.304. The third kappa shape index (κ3) is 3.63. The van der Waals surface area contributed by atoms with Crippen LogP contribution in [0.1, 0.15) is 51.8 Å². The van der Waals surface area contributed by atoms with Crippen molar-refractivity contribution in [2.75, 3.05) is 0 Å². The first-order valence-electron chi connectivity index (χ1n) is 9.26. The molecule has 2 nitrogen and oxygen atoms in total. The summed E-state index contributed by atoms with van der Waals surface area (Å²) >= 11 is 0. The quantitative estimate of drug-likeness (QED) is 0.515. The van der Waals surface area contributed by atoms with E-state index in [2.05, 4.69) is 73.9 Å². The van der Waals surface area contributed by atoms with Gasteiger partial charge in [0, 0.05) is 22.5 Å². The van der Waals surface area contributed by atoms with Gasteiger partial charge in [0.2, 0.25) is 0 Å². The maximum atomic E-state index is 6.20. The van der Waals surface area contributed by atoms with Crippen molar-refractivity contribution in [3.05, 3.63) is 71.5 Å². The van der Waals surface area contributed by atoms with Gasteiger partial charge in [-0.25, -0.2) is 0 Å². The van der Waals surface area contributed by atoms with Gasteiger partial charge in [-0.15, -0.1) is 0 Å². The van der Waals surface area contributed by atoms with Crippen molar-refractivity contribution in [3.8, 4) is 0 Å². The van der Waals surface area contributed by atoms with E-state index in [9.17, 15) is 0 Å². The highest BCUT2D eigenvalue weighted by atomic mass is 16.3. The predicted molar refractivity (Wildman–Crippen MR) is 110 cm³/mol. The molecular formula is C23H29NO. The van der Waals surface area contributed by atoms with E-state index in [-0.39, 0.29) is 6.04 Å². The van der Waals surface area contributed by atoms with Crippen LogP contribution in [0.25, 0.3) is 21.9 Å². The smallest absolute Gasteiger partial charge is 0.141 e. The van der Waals surface area contributed by atoms with Crippen molar-refractivity contribution in [1.82, 2.24) is 5.32 Å². The fourth-order valence-corrected chi connectivity index (χ4v) is 2.99. The number of hydrogen-bond donors (Lipinski definition) is 1. The summed E-state index contributed by atoms with van der Waals surface area (Å²) in [5.41, 5.74) is 5.57. The number of para-hydroxylation sites is 2. The molecule has 2 aromatic carbocycles. The minimum Gasteiger partial charge on any atom is -0.455 e. The summed E-state index contributed by atoms with van der Waals surface area (Å²) in [6, 6.07) is 12.9. The molecule has 0 spiro atoms. The lowest BCUT2D eigenvalue weighted by Gasteiger charge is -2.18. The Bertz CT molecular complexity index is 899. The number of furan rings is 1. The van der Waals surface area contributed by atoms with Crippen LogP contribution >= 0.6 is 0 Å². The number of fused-ring (bicyclic) bond motifs is 3. The highest BCUT2D eigenvalue weighted by molar-refractivity contribution is 6.06. The van der Waals surface area contributed by atoms with Gasteiger partial charge in [-0.3, -0.25) is 0 Å². The normalized spacial score (nSPS) is 15.6.